The van der Waals surface area contributed by atoms with Crippen LogP contribution < -0.4 is 0 Å². The van der Waals surface area contributed by atoms with Gasteiger partial charge in [-0.05, 0) is 57.4 Å². The van der Waals surface area contributed by atoms with E-state index >= 15 is 0 Å². The van der Waals surface area contributed by atoms with Gasteiger partial charge < -0.3 is 4.90 Å². The lowest BCUT2D eigenvalue weighted by Gasteiger charge is -2.43. The number of nitrogens with zero attached hydrogens (tertiary/aromatic N) is 4. The van der Waals surface area contributed by atoms with Crippen LogP contribution in [0.1, 0.15) is 47.4 Å². The average Bonchev–Trinajstić information content (AvgIpc) is 3.20. The Morgan fingerprint density at radius 2 is 1.89 bits per heavy atom. The number of amides is 2. The largest absolute Gasteiger partial charge is 0.338 e. The SMILES string of the molecule is CON1C(=O)CCC12CCN(C(=O)c1cccc(-n3nc(C)cc3C)c1)CC2. The van der Waals surface area contributed by atoms with E-state index in [4.69, 9.17) is 4.84 Å². The first-order valence-corrected chi connectivity index (χ1v) is 9.74. The fraction of sp³-hybridized carbons (Fsp3) is 0.476. The van der Waals surface area contributed by atoms with Gasteiger partial charge in [0.25, 0.3) is 5.91 Å². The Kier molecular flexibility index (Phi) is 4.71. The molecule has 0 aliphatic carbocycles. The molecular formula is C21H26N4O3. The third-order valence-electron chi connectivity index (χ3n) is 5.97. The lowest BCUT2D eigenvalue weighted by molar-refractivity contribution is -0.201. The summed E-state index contributed by atoms with van der Waals surface area (Å²) in [5.41, 5.74) is 3.27. The van der Waals surface area contributed by atoms with Gasteiger partial charge in [-0.15, -0.1) is 0 Å². The van der Waals surface area contributed by atoms with Gasteiger partial charge in [0.15, 0.2) is 0 Å². The van der Waals surface area contributed by atoms with Crippen molar-refractivity contribution in [2.75, 3.05) is 20.2 Å². The van der Waals surface area contributed by atoms with E-state index in [-0.39, 0.29) is 17.4 Å². The molecule has 0 N–H and O–H groups in total. The van der Waals surface area contributed by atoms with Gasteiger partial charge >= 0.3 is 0 Å². The van der Waals surface area contributed by atoms with Gasteiger partial charge in [-0.2, -0.15) is 5.10 Å². The van der Waals surface area contributed by atoms with E-state index in [1.54, 1.807) is 7.11 Å². The van der Waals surface area contributed by atoms with Crippen LogP contribution in [0.15, 0.2) is 30.3 Å². The molecule has 4 rings (SSSR count). The average molecular weight is 382 g/mol. The minimum atomic E-state index is -0.256. The lowest BCUT2D eigenvalue weighted by atomic mass is 9.85. The monoisotopic (exact) mass is 382 g/mol. The molecule has 2 aromatic rings. The smallest absolute Gasteiger partial charge is 0.253 e. The summed E-state index contributed by atoms with van der Waals surface area (Å²) in [6, 6.07) is 9.62. The molecule has 1 aromatic heterocycles. The summed E-state index contributed by atoms with van der Waals surface area (Å²) >= 11 is 0. The highest BCUT2D eigenvalue weighted by molar-refractivity contribution is 5.95. The second-order valence-electron chi connectivity index (χ2n) is 7.78. The topological polar surface area (TPSA) is 67.7 Å². The van der Waals surface area contributed by atoms with Crippen LogP contribution >= 0.6 is 0 Å². The zero-order chi connectivity index (χ0) is 19.9. The van der Waals surface area contributed by atoms with Gasteiger partial charge in [-0.3, -0.25) is 14.4 Å². The molecule has 2 fully saturated rings. The van der Waals surface area contributed by atoms with Gasteiger partial charge in [0.2, 0.25) is 5.91 Å². The summed E-state index contributed by atoms with van der Waals surface area (Å²) in [4.78, 5) is 32.3. The molecule has 1 spiro atoms. The minimum absolute atomic E-state index is 0.0199. The van der Waals surface area contributed by atoms with Gasteiger partial charge in [0, 0.05) is 30.8 Å². The third kappa shape index (κ3) is 3.09. The Hall–Kier alpha value is -2.67. The molecule has 2 aliphatic heterocycles. The van der Waals surface area contributed by atoms with Crippen molar-refractivity contribution in [2.45, 2.75) is 45.1 Å². The van der Waals surface area contributed by atoms with Crippen LogP contribution in [0.2, 0.25) is 0 Å². The maximum Gasteiger partial charge on any atom is 0.253 e. The molecule has 2 saturated heterocycles. The number of hydrogen-bond acceptors (Lipinski definition) is 4. The van der Waals surface area contributed by atoms with E-state index in [2.05, 4.69) is 5.10 Å². The van der Waals surface area contributed by atoms with Crippen molar-refractivity contribution in [1.29, 1.82) is 0 Å². The van der Waals surface area contributed by atoms with Crippen LogP contribution in [-0.4, -0.2) is 57.3 Å². The van der Waals surface area contributed by atoms with E-state index in [1.807, 2.05) is 53.8 Å². The number of piperidine rings is 1. The van der Waals surface area contributed by atoms with Crippen molar-refractivity contribution in [3.8, 4) is 5.69 Å². The van der Waals surface area contributed by atoms with Gasteiger partial charge in [-0.25, -0.2) is 9.75 Å². The predicted molar refractivity (Wildman–Crippen MR) is 104 cm³/mol. The van der Waals surface area contributed by atoms with E-state index < -0.39 is 0 Å². The van der Waals surface area contributed by atoms with Gasteiger partial charge in [0.1, 0.15) is 0 Å². The van der Waals surface area contributed by atoms with Crippen molar-refractivity contribution < 1.29 is 14.4 Å². The van der Waals surface area contributed by atoms with Crippen LogP contribution in [0.4, 0.5) is 0 Å². The van der Waals surface area contributed by atoms with Crippen LogP contribution in [0, 0.1) is 13.8 Å². The maximum absolute atomic E-state index is 13.1. The second-order valence-corrected chi connectivity index (χ2v) is 7.78. The molecule has 2 aliphatic rings. The Morgan fingerprint density at radius 1 is 1.14 bits per heavy atom. The molecule has 2 amide bonds. The zero-order valence-electron chi connectivity index (χ0n) is 16.6. The molecule has 28 heavy (non-hydrogen) atoms. The zero-order valence-corrected chi connectivity index (χ0v) is 16.6. The van der Waals surface area contributed by atoms with E-state index in [1.165, 1.54) is 5.06 Å². The van der Waals surface area contributed by atoms with Gasteiger partial charge in [-0.1, -0.05) is 6.07 Å². The molecule has 3 heterocycles. The van der Waals surface area contributed by atoms with E-state index in [0.29, 0.717) is 25.1 Å². The first-order chi connectivity index (χ1) is 13.4. The fourth-order valence-corrected chi connectivity index (χ4v) is 4.53. The molecular weight excluding hydrogens is 356 g/mol. The van der Waals surface area contributed by atoms with E-state index in [9.17, 15) is 9.59 Å². The number of rotatable bonds is 3. The predicted octanol–water partition coefficient (Wildman–Crippen LogP) is 2.65. The summed E-state index contributed by atoms with van der Waals surface area (Å²) in [5, 5.41) is 6.05. The Bertz CT molecular complexity index is 912. The number of carbonyl (C=O) groups excluding carboxylic acids is 2. The number of hydrogen-bond donors (Lipinski definition) is 0. The highest BCUT2D eigenvalue weighted by Gasteiger charge is 2.48. The highest BCUT2D eigenvalue weighted by Crippen LogP contribution is 2.39. The first kappa shape index (κ1) is 18.7. The summed E-state index contributed by atoms with van der Waals surface area (Å²) < 4.78 is 1.86. The maximum atomic E-state index is 13.1. The number of hydroxylamine groups is 2. The first-order valence-electron chi connectivity index (χ1n) is 9.74. The molecule has 0 radical (unpaired) electrons. The summed E-state index contributed by atoms with van der Waals surface area (Å²) in [5.74, 6) is 0.0615. The van der Waals surface area contributed by atoms with Crippen molar-refractivity contribution in [2.24, 2.45) is 0 Å². The van der Waals surface area contributed by atoms with Crippen molar-refractivity contribution in [3.63, 3.8) is 0 Å². The van der Waals surface area contributed by atoms with Crippen LogP contribution in [0.3, 0.4) is 0 Å². The summed E-state index contributed by atoms with van der Waals surface area (Å²) in [6.45, 7) is 5.20. The second kappa shape index (κ2) is 7.05. The molecule has 0 bridgehead atoms. The normalized spacial score (nSPS) is 18.9. The highest BCUT2D eigenvalue weighted by atomic mass is 16.7. The molecule has 0 atom stereocenters. The Labute approximate surface area is 164 Å². The number of carbonyl (C=O) groups is 2. The van der Waals surface area contributed by atoms with Crippen LogP contribution in [0.25, 0.3) is 5.69 Å². The van der Waals surface area contributed by atoms with Crippen molar-refractivity contribution in [1.82, 2.24) is 19.7 Å². The number of benzene rings is 1. The molecule has 7 nitrogen and oxygen atoms in total. The molecule has 0 unspecified atom stereocenters. The number of aryl methyl sites for hydroxylation is 2. The fourth-order valence-electron chi connectivity index (χ4n) is 4.53. The van der Waals surface area contributed by atoms with Crippen LogP contribution in [0.5, 0.6) is 0 Å². The molecule has 7 heteroatoms. The van der Waals surface area contributed by atoms with Crippen LogP contribution in [-0.2, 0) is 9.63 Å². The van der Waals surface area contributed by atoms with E-state index in [0.717, 1.165) is 36.3 Å². The molecule has 1 aromatic carbocycles. The Balaban J connectivity index is 1.50. The Morgan fingerprint density at radius 3 is 2.54 bits per heavy atom. The summed E-state index contributed by atoms with van der Waals surface area (Å²) in [7, 11) is 1.55. The molecule has 148 valence electrons. The third-order valence-corrected chi connectivity index (χ3v) is 5.97. The minimum Gasteiger partial charge on any atom is -0.338 e. The number of aromatic nitrogens is 2. The lowest BCUT2D eigenvalue weighted by Crippen LogP contribution is -2.53. The molecule has 0 saturated carbocycles. The standard InChI is InChI=1S/C21H26N4O3/c1-15-13-16(2)24(22-15)18-6-4-5-17(14-18)20(27)23-11-9-21(10-12-23)8-7-19(26)25(21)28-3/h4-6,13-14H,7-12H2,1-3H3. The quantitative estimate of drug-likeness (QED) is 0.818. The van der Waals surface area contributed by atoms with Crippen molar-refractivity contribution >= 4 is 11.8 Å². The van der Waals surface area contributed by atoms with Gasteiger partial charge in [0.05, 0.1) is 24.0 Å². The summed E-state index contributed by atoms with van der Waals surface area (Å²) in [6.07, 6.45) is 2.81. The number of likely N-dealkylation sites (tertiary alicyclic amines) is 1. The van der Waals surface area contributed by atoms with Crippen molar-refractivity contribution in [3.05, 3.63) is 47.3 Å².